The Morgan fingerprint density at radius 2 is 2.00 bits per heavy atom. The van der Waals surface area contributed by atoms with E-state index in [-0.39, 0.29) is 12.5 Å². The van der Waals surface area contributed by atoms with Gasteiger partial charge in [0, 0.05) is 13.1 Å². The summed E-state index contributed by atoms with van der Waals surface area (Å²) >= 11 is 0. The van der Waals surface area contributed by atoms with E-state index in [1.165, 1.54) is 5.57 Å². The minimum absolute atomic E-state index is 0.247. The van der Waals surface area contributed by atoms with Gasteiger partial charge >= 0.3 is 5.97 Å². The third kappa shape index (κ3) is 3.82. The summed E-state index contributed by atoms with van der Waals surface area (Å²) in [5.41, 5.74) is 1.37. The van der Waals surface area contributed by atoms with E-state index in [9.17, 15) is 9.90 Å². The lowest BCUT2D eigenvalue weighted by Gasteiger charge is -2.31. The normalized spacial score (nSPS) is 18.9. The van der Waals surface area contributed by atoms with E-state index < -0.39 is 11.6 Å². The SMILES string of the molecule is CC1=C(COC(=O)C(O)(c2ccccc2)C(C)C)CN(C)CC1. The standard InChI is InChI=1S/C19H27NO3/c1-14(2)19(22,17-8-6-5-7-9-17)18(21)23-13-16-12-20(4)11-10-15(16)3/h5-9,14,22H,10-13H2,1-4H3. The van der Waals surface area contributed by atoms with E-state index in [1.54, 1.807) is 12.1 Å². The molecule has 126 valence electrons. The smallest absolute Gasteiger partial charge is 0.343 e. The highest BCUT2D eigenvalue weighted by Crippen LogP contribution is 2.31. The molecule has 0 aromatic heterocycles. The number of benzene rings is 1. The Bertz CT molecular complexity index is 580. The summed E-state index contributed by atoms with van der Waals surface area (Å²) in [7, 11) is 2.06. The lowest BCUT2D eigenvalue weighted by molar-refractivity contribution is -0.171. The Hall–Kier alpha value is -1.65. The zero-order chi connectivity index (χ0) is 17.0. The maximum Gasteiger partial charge on any atom is 0.343 e. The number of aliphatic hydroxyl groups is 1. The van der Waals surface area contributed by atoms with Crippen LogP contribution in [0.1, 0.15) is 32.8 Å². The number of hydrogen-bond donors (Lipinski definition) is 1. The van der Waals surface area contributed by atoms with Gasteiger partial charge in [-0.05, 0) is 37.4 Å². The lowest BCUT2D eigenvalue weighted by Crippen LogP contribution is -2.42. The van der Waals surface area contributed by atoms with Crippen molar-refractivity contribution in [2.45, 2.75) is 32.8 Å². The topological polar surface area (TPSA) is 49.8 Å². The van der Waals surface area contributed by atoms with E-state index in [0.29, 0.717) is 5.56 Å². The van der Waals surface area contributed by atoms with Crippen molar-refractivity contribution >= 4 is 5.97 Å². The van der Waals surface area contributed by atoms with Crippen molar-refractivity contribution in [1.29, 1.82) is 0 Å². The summed E-state index contributed by atoms with van der Waals surface area (Å²) in [5.74, 6) is -0.853. The van der Waals surface area contributed by atoms with Crippen LogP contribution < -0.4 is 0 Å². The van der Waals surface area contributed by atoms with Crippen molar-refractivity contribution in [3.05, 3.63) is 47.0 Å². The molecular weight excluding hydrogens is 290 g/mol. The summed E-state index contributed by atoms with van der Waals surface area (Å²) in [6.07, 6.45) is 0.997. The fraction of sp³-hybridized carbons (Fsp3) is 0.526. The molecule has 4 heteroatoms. The van der Waals surface area contributed by atoms with Crippen LogP contribution in [0.15, 0.2) is 41.5 Å². The summed E-state index contributed by atoms with van der Waals surface area (Å²) in [5, 5.41) is 11.0. The van der Waals surface area contributed by atoms with E-state index in [1.807, 2.05) is 32.0 Å². The fourth-order valence-electron chi connectivity index (χ4n) is 2.89. The summed E-state index contributed by atoms with van der Waals surface area (Å²) < 4.78 is 5.51. The second-order valence-corrected chi connectivity index (χ2v) is 6.73. The Labute approximate surface area is 138 Å². The summed E-state index contributed by atoms with van der Waals surface area (Å²) in [6, 6.07) is 9.03. The molecule has 1 aliphatic heterocycles. The molecule has 1 aromatic rings. The average molecular weight is 317 g/mol. The number of nitrogens with zero attached hydrogens (tertiary/aromatic N) is 1. The van der Waals surface area contributed by atoms with Crippen LogP contribution in [0.25, 0.3) is 0 Å². The molecule has 2 rings (SSSR count). The van der Waals surface area contributed by atoms with Crippen molar-refractivity contribution in [2.24, 2.45) is 5.92 Å². The van der Waals surface area contributed by atoms with Crippen LogP contribution in [-0.4, -0.2) is 42.7 Å². The second kappa shape index (κ2) is 7.28. The van der Waals surface area contributed by atoms with Crippen LogP contribution in [0.3, 0.4) is 0 Å². The molecule has 0 aliphatic carbocycles. The highest BCUT2D eigenvalue weighted by molar-refractivity contribution is 5.81. The molecule has 0 saturated heterocycles. The zero-order valence-corrected chi connectivity index (χ0v) is 14.5. The van der Waals surface area contributed by atoms with Crippen molar-refractivity contribution in [2.75, 3.05) is 26.7 Å². The average Bonchev–Trinajstić information content (AvgIpc) is 2.55. The van der Waals surface area contributed by atoms with E-state index >= 15 is 0 Å². The van der Waals surface area contributed by atoms with Gasteiger partial charge in [0.15, 0.2) is 5.60 Å². The molecule has 1 atom stereocenters. The van der Waals surface area contributed by atoms with Crippen molar-refractivity contribution in [1.82, 2.24) is 4.90 Å². The molecule has 0 bridgehead atoms. The number of rotatable bonds is 5. The Balaban J connectivity index is 2.14. The first kappa shape index (κ1) is 17.7. The van der Waals surface area contributed by atoms with Crippen LogP contribution in [0.5, 0.6) is 0 Å². The third-order valence-electron chi connectivity index (χ3n) is 4.67. The Morgan fingerprint density at radius 1 is 1.35 bits per heavy atom. The Morgan fingerprint density at radius 3 is 2.61 bits per heavy atom. The molecule has 1 heterocycles. The second-order valence-electron chi connectivity index (χ2n) is 6.73. The van der Waals surface area contributed by atoms with E-state index in [0.717, 1.165) is 25.1 Å². The van der Waals surface area contributed by atoms with Gasteiger partial charge in [0.25, 0.3) is 0 Å². The van der Waals surface area contributed by atoms with Crippen molar-refractivity contribution in [3.8, 4) is 0 Å². The van der Waals surface area contributed by atoms with Gasteiger partial charge in [-0.25, -0.2) is 4.79 Å². The number of carbonyl (C=O) groups is 1. The van der Waals surface area contributed by atoms with Crippen molar-refractivity contribution in [3.63, 3.8) is 0 Å². The number of likely N-dealkylation sites (N-methyl/N-ethyl adjacent to an activating group) is 1. The predicted octanol–water partition coefficient (Wildman–Crippen LogP) is 2.73. The summed E-state index contributed by atoms with van der Waals surface area (Å²) in [4.78, 5) is 14.8. The number of ether oxygens (including phenoxy) is 1. The van der Waals surface area contributed by atoms with Gasteiger partial charge in [0.05, 0.1) is 0 Å². The quantitative estimate of drug-likeness (QED) is 0.670. The zero-order valence-electron chi connectivity index (χ0n) is 14.5. The minimum Gasteiger partial charge on any atom is -0.459 e. The van der Waals surface area contributed by atoms with Gasteiger partial charge in [0.1, 0.15) is 6.61 Å². The highest BCUT2D eigenvalue weighted by Gasteiger charge is 2.42. The van der Waals surface area contributed by atoms with Gasteiger partial charge in [-0.1, -0.05) is 49.8 Å². The maximum atomic E-state index is 12.6. The van der Waals surface area contributed by atoms with Gasteiger partial charge in [0.2, 0.25) is 0 Å². The van der Waals surface area contributed by atoms with Crippen LogP contribution in [-0.2, 0) is 15.1 Å². The molecule has 1 aromatic carbocycles. The van der Waals surface area contributed by atoms with E-state index in [2.05, 4.69) is 18.9 Å². The van der Waals surface area contributed by atoms with Crippen LogP contribution in [0, 0.1) is 5.92 Å². The first-order valence-corrected chi connectivity index (χ1v) is 8.16. The summed E-state index contributed by atoms with van der Waals surface area (Å²) in [6.45, 7) is 7.83. The van der Waals surface area contributed by atoms with E-state index in [4.69, 9.17) is 4.74 Å². The molecule has 0 radical (unpaired) electrons. The maximum absolute atomic E-state index is 12.6. The first-order valence-electron chi connectivity index (χ1n) is 8.16. The molecule has 23 heavy (non-hydrogen) atoms. The van der Waals surface area contributed by atoms with Gasteiger partial charge in [-0.15, -0.1) is 0 Å². The predicted molar refractivity (Wildman–Crippen MR) is 90.9 cm³/mol. The molecule has 1 N–H and O–H groups in total. The molecule has 0 fully saturated rings. The molecule has 1 unspecified atom stereocenters. The fourth-order valence-corrected chi connectivity index (χ4v) is 2.89. The van der Waals surface area contributed by atoms with Gasteiger partial charge in [-0.2, -0.15) is 0 Å². The Kier molecular flexibility index (Phi) is 5.60. The van der Waals surface area contributed by atoms with Gasteiger partial charge in [-0.3, -0.25) is 0 Å². The molecule has 0 amide bonds. The van der Waals surface area contributed by atoms with Crippen LogP contribution in [0.2, 0.25) is 0 Å². The first-order chi connectivity index (χ1) is 10.9. The third-order valence-corrected chi connectivity index (χ3v) is 4.67. The number of esters is 1. The lowest BCUT2D eigenvalue weighted by atomic mass is 9.83. The van der Waals surface area contributed by atoms with Crippen LogP contribution in [0.4, 0.5) is 0 Å². The largest absolute Gasteiger partial charge is 0.459 e. The van der Waals surface area contributed by atoms with Gasteiger partial charge < -0.3 is 14.7 Å². The number of carbonyl (C=O) groups excluding carboxylic acids is 1. The molecule has 0 spiro atoms. The van der Waals surface area contributed by atoms with Crippen LogP contribution >= 0.6 is 0 Å². The highest BCUT2D eigenvalue weighted by atomic mass is 16.5. The molecule has 4 nitrogen and oxygen atoms in total. The molecule has 1 aliphatic rings. The van der Waals surface area contributed by atoms with Crippen molar-refractivity contribution < 1.29 is 14.6 Å². The molecule has 0 saturated carbocycles. The minimum atomic E-state index is -1.61. The number of hydrogen-bond acceptors (Lipinski definition) is 4. The molecular formula is C19H27NO3. The monoisotopic (exact) mass is 317 g/mol.